The van der Waals surface area contributed by atoms with Crippen molar-refractivity contribution in [3.8, 4) is 16.9 Å². The van der Waals surface area contributed by atoms with Gasteiger partial charge in [-0.05, 0) is 60.4 Å². The lowest BCUT2D eigenvalue weighted by atomic mass is 9.87. The average Bonchev–Trinajstić information content (AvgIpc) is 3.14. The third-order valence-electron chi connectivity index (χ3n) is 5.94. The monoisotopic (exact) mass is 561 g/mol. The van der Waals surface area contributed by atoms with Crippen molar-refractivity contribution in [2.75, 3.05) is 0 Å². The molecule has 0 unspecified atom stereocenters. The number of hydrogen-bond donors (Lipinski definition) is 1. The van der Waals surface area contributed by atoms with Crippen LogP contribution in [0.5, 0.6) is 0 Å². The minimum Gasteiger partial charge on any atom is -0.231 e. The van der Waals surface area contributed by atoms with E-state index >= 15 is 0 Å². The first kappa shape index (κ1) is 26.7. The van der Waals surface area contributed by atoms with Crippen molar-refractivity contribution in [1.82, 2.24) is 14.5 Å². The van der Waals surface area contributed by atoms with Crippen LogP contribution >= 0.6 is 34.8 Å². The summed E-state index contributed by atoms with van der Waals surface area (Å²) in [7, 11) is -3.75. The summed E-state index contributed by atoms with van der Waals surface area (Å²) >= 11 is 18.7. The molecule has 188 valence electrons. The van der Waals surface area contributed by atoms with Gasteiger partial charge in [-0.15, -0.1) is 0 Å². The zero-order valence-electron chi connectivity index (χ0n) is 20.3. The first-order valence-corrected chi connectivity index (χ1v) is 13.9. The lowest BCUT2D eigenvalue weighted by Crippen LogP contribution is -2.24. The standard InChI is InChI=1S/C27H26Cl3N3O2S/c1-17-24(16-31-36(34,35)22-12-7-19(8-13-22)27(2,3)4)32-33(25-14-11-21(29)15-23(25)30)26(17)18-5-9-20(28)10-6-18/h5-15,31H,16H2,1-4H3. The Morgan fingerprint density at radius 2 is 1.50 bits per heavy atom. The lowest BCUT2D eigenvalue weighted by Gasteiger charge is -2.19. The zero-order valence-corrected chi connectivity index (χ0v) is 23.4. The average molecular weight is 563 g/mol. The van der Waals surface area contributed by atoms with E-state index in [-0.39, 0.29) is 16.9 Å². The van der Waals surface area contributed by atoms with Crippen LogP contribution in [0.15, 0.2) is 71.6 Å². The number of sulfonamides is 1. The van der Waals surface area contributed by atoms with Crippen molar-refractivity contribution in [1.29, 1.82) is 0 Å². The predicted molar refractivity (Wildman–Crippen MR) is 148 cm³/mol. The fourth-order valence-corrected chi connectivity index (χ4v) is 5.47. The Labute approximate surface area is 227 Å². The number of nitrogens with zero attached hydrogens (tertiary/aromatic N) is 2. The molecule has 3 aromatic carbocycles. The largest absolute Gasteiger partial charge is 0.240 e. The molecule has 0 amide bonds. The maximum absolute atomic E-state index is 13.0. The van der Waals surface area contributed by atoms with Gasteiger partial charge in [-0.3, -0.25) is 0 Å². The van der Waals surface area contributed by atoms with Gasteiger partial charge in [0, 0.05) is 21.2 Å². The van der Waals surface area contributed by atoms with Crippen molar-refractivity contribution in [2.24, 2.45) is 0 Å². The van der Waals surface area contributed by atoms with E-state index in [0.717, 1.165) is 22.4 Å². The smallest absolute Gasteiger partial charge is 0.231 e. The molecule has 1 N–H and O–H groups in total. The molecule has 0 atom stereocenters. The van der Waals surface area contributed by atoms with Gasteiger partial charge in [0.05, 0.1) is 33.5 Å². The third-order valence-corrected chi connectivity index (χ3v) is 8.14. The number of nitrogens with one attached hydrogen (secondary N) is 1. The van der Waals surface area contributed by atoms with Crippen molar-refractivity contribution < 1.29 is 8.42 Å². The van der Waals surface area contributed by atoms with Crippen LogP contribution in [0, 0.1) is 6.92 Å². The molecular weight excluding hydrogens is 537 g/mol. The quantitative estimate of drug-likeness (QED) is 0.263. The molecule has 0 aliphatic carbocycles. The summed E-state index contributed by atoms with van der Waals surface area (Å²) in [6.07, 6.45) is 0. The highest BCUT2D eigenvalue weighted by molar-refractivity contribution is 7.89. The highest BCUT2D eigenvalue weighted by Gasteiger charge is 2.22. The molecule has 0 radical (unpaired) electrons. The summed E-state index contributed by atoms with van der Waals surface area (Å²) < 4.78 is 30.5. The van der Waals surface area contributed by atoms with Gasteiger partial charge in [0.1, 0.15) is 0 Å². The highest BCUT2D eigenvalue weighted by Crippen LogP contribution is 2.33. The van der Waals surface area contributed by atoms with Crippen LogP contribution in [-0.4, -0.2) is 18.2 Å². The van der Waals surface area contributed by atoms with Crippen molar-refractivity contribution >= 4 is 44.8 Å². The molecule has 4 rings (SSSR count). The number of hydrogen-bond acceptors (Lipinski definition) is 3. The van der Waals surface area contributed by atoms with Crippen LogP contribution in [-0.2, 0) is 22.0 Å². The Bertz CT molecular complexity index is 1510. The van der Waals surface area contributed by atoms with Gasteiger partial charge in [-0.2, -0.15) is 5.10 Å². The fraction of sp³-hybridized carbons (Fsp3) is 0.222. The van der Waals surface area contributed by atoms with E-state index in [2.05, 4.69) is 25.5 Å². The van der Waals surface area contributed by atoms with Gasteiger partial charge in [0.25, 0.3) is 0 Å². The molecule has 0 saturated heterocycles. The maximum Gasteiger partial charge on any atom is 0.240 e. The van der Waals surface area contributed by atoms with Gasteiger partial charge >= 0.3 is 0 Å². The molecule has 0 bridgehead atoms. The molecule has 9 heteroatoms. The Kier molecular flexibility index (Phi) is 7.56. The van der Waals surface area contributed by atoms with E-state index in [0.29, 0.717) is 26.4 Å². The SMILES string of the molecule is Cc1c(CNS(=O)(=O)c2ccc(C(C)(C)C)cc2)nn(-c2ccc(Cl)cc2Cl)c1-c1ccc(Cl)cc1. The summed E-state index contributed by atoms with van der Waals surface area (Å²) in [5.41, 5.74) is 4.64. The van der Waals surface area contributed by atoms with Crippen LogP contribution < -0.4 is 4.72 Å². The van der Waals surface area contributed by atoms with Gasteiger partial charge in [0.2, 0.25) is 10.0 Å². The van der Waals surface area contributed by atoms with Crippen LogP contribution in [0.2, 0.25) is 15.1 Å². The minimum absolute atomic E-state index is 0.00792. The highest BCUT2D eigenvalue weighted by atomic mass is 35.5. The van der Waals surface area contributed by atoms with Gasteiger partial charge in [-0.1, -0.05) is 79.8 Å². The van der Waals surface area contributed by atoms with Gasteiger partial charge < -0.3 is 0 Å². The Morgan fingerprint density at radius 3 is 2.08 bits per heavy atom. The molecule has 4 aromatic rings. The number of rotatable bonds is 6. The summed E-state index contributed by atoms with van der Waals surface area (Å²) in [5, 5.41) is 6.28. The van der Waals surface area contributed by atoms with Crippen LogP contribution in [0.3, 0.4) is 0 Å². The fourth-order valence-electron chi connectivity index (χ4n) is 3.86. The predicted octanol–water partition coefficient (Wildman–Crippen LogP) is 7.58. The van der Waals surface area contributed by atoms with E-state index in [1.807, 2.05) is 31.2 Å². The molecule has 5 nitrogen and oxygen atoms in total. The van der Waals surface area contributed by atoms with Crippen molar-refractivity contribution in [2.45, 2.75) is 44.6 Å². The topological polar surface area (TPSA) is 64.0 Å². The second-order valence-corrected chi connectivity index (χ2v) is 12.6. The van der Waals surface area contributed by atoms with Crippen LogP contribution in [0.25, 0.3) is 16.9 Å². The molecule has 0 aliphatic heterocycles. The molecule has 0 spiro atoms. The molecule has 1 heterocycles. The first-order valence-electron chi connectivity index (χ1n) is 11.3. The van der Waals surface area contributed by atoms with Gasteiger partial charge in [0.15, 0.2) is 0 Å². The zero-order chi connectivity index (χ0) is 26.3. The molecule has 36 heavy (non-hydrogen) atoms. The molecular formula is C27H26Cl3N3O2S. The van der Waals surface area contributed by atoms with E-state index in [1.54, 1.807) is 47.1 Å². The Hall–Kier alpha value is -2.35. The molecule has 0 fully saturated rings. The molecule has 0 aliphatic rings. The van der Waals surface area contributed by atoms with E-state index in [1.165, 1.54) is 0 Å². The normalized spacial score (nSPS) is 12.2. The summed E-state index contributed by atoms with van der Waals surface area (Å²) in [6.45, 7) is 8.16. The second kappa shape index (κ2) is 10.2. The van der Waals surface area contributed by atoms with Gasteiger partial charge in [-0.25, -0.2) is 17.8 Å². The van der Waals surface area contributed by atoms with Crippen molar-refractivity contribution in [3.63, 3.8) is 0 Å². The molecule has 0 saturated carbocycles. The number of benzene rings is 3. The van der Waals surface area contributed by atoms with Crippen LogP contribution in [0.4, 0.5) is 0 Å². The van der Waals surface area contributed by atoms with E-state index in [4.69, 9.17) is 39.9 Å². The van der Waals surface area contributed by atoms with Crippen LogP contribution in [0.1, 0.15) is 37.6 Å². The second-order valence-electron chi connectivity index (χ2n) is 9.53. The lowest BCUT2D eigenvalue weighted by molar-refractivity contribution is 0.577. The van der Waals surface area contributed by atoms with E-state index < -0.39 is 10.0 Å². The Balaban J connectivity index is 1.71. The van der Waals surface area contributed by atoms with Crippen molar-refractivity contribution in [3.05, 3.63) is 98.6 Å². The molecule has 1 aromatic heterocycles. The summed E-state index contributed by atoms with van der Waals surface area (Å²) in [6, 6.07) is 19.4. The summed E-state index contributed by atoms with van der Waals surface area (Å²) in [5.74, 6) is 0. The Morgan fingerprint density at radius 1 is 0.889 bits per heavy atom. The summed E-state index contributed by atoms with van der Waals surface area (Å²) in [4.78, 5) is 0.200. The minimum atomic E-state index is -3.75. The number of halogens is 3. The maximum atomic E-state index is 13.0. The number of aromatic nitrogens is 2. The van der Waals surface area contributed by atoms with E-state index in [9.17, 15) is 8.42 Å². The third kappa shape index (κ3) is 5.63. The first-order chi connectivity index (χ1) is 16.9.